The van der Waals surface area contributed by atoms with E-state index in [1.165, 1.54) is 0 Å². The molecular weight excluding hydrogens is 90.1 g/mol. The largest absolute Gasteiger partial charge is 0.375 e. The average Bonchev–Trinajstić information content (AvgIpc) is 1.68. The number of aliphatic hydroxyl groups excluding tert-OH is 1. The van der Waals surface area contributed by atoms with Crippen molar-refractivity contribution in [2.24, 2.45) is 0 Å². The predicted molar refractivity (Wildman–Crippen MR) is 29.9 cm³/mol. The van der Waals surface area contributed by atoms with Gasteiger partial charge in [-0.25, -0.2) is 0 Å². The lowest BCUT2D eigenvalue weighted by Crippen LogP contribution is -2.20. The topological polar surface area (TPSA) is 32.3 Å². The van der Waals surface area contributed by atoms with Crippen LogP contribution in [-0.4, -0.2) is 18.4 Å². The molecule has 0 fully saturated rings. The highest BCUT2D eigenvalue weighted by atomic mass is 16.3. The molecule has 0 aromatic carbocycles. The van der Waals surface area contributed by atoms with Crippen molar-refractivity contribution in [3.63, 3.8) is 0 Å². The fourth-order valence-electron chi connectivity index (χ4n) is 0.279. The molecule has 2 nitrogen and oxygen atoms in total. The summed E-state index contributed by atoms with van der Waals surface area (Å²) in [5.41, 5.74) is 0. The lowest BCUT2D eigenvalue weighted by atomic mass is 10.5. The maximum atomic E-state index is 8.66. The smallest absolute Gasteiger partial charge is 0.123 e. The number of hydrogen-bond donors (Lipinski definition) is 2. The van der Waals surface area contributed by atoms with Gasteiger partial charge in [0.25, 0.3) is 0 Å². The Morgan fingerprint density at radius 3 is 2.43 bits per heavy atom. The Morgan fingerprint density at radius 2 is 2.29 bits per heavy atom. The van der Waals surface area contributed by atoms with E-state index in [0.29, 0.717) is 0 Å². The molecule has 0 aromatic rings. The fourth-order valence-corrected chi connectivity index (χ4v) is 0.279. The second kappa shape index (κ2) is 3.84. The highest BCUT2D eigenvalue weighted by molar-refractivity contribution is 4.82. The lowest BCUT2D eigenvalue weighted by molar-refractivity contribution is 0.195. The number of nitrogens with one attached hydrogen (secondary N) is 1. The van der Waals surface area contributed by atoms with Crippen molar-refractivity contribution in [2.75, 3.05) is 7.05 Å². The summed E-state index contributed by atoms with van der Waals surface area (Å²) in [6.45, 7) is 1.86. The molecule has 7 heavy (non-hydrogen) atoms. The SMILES string of the molecule is C/C=C/C(O)NC. The van der Waals surface area contributed by atoms with Crippen LogP contribution in [0.25, 0.3) is 0 Å². The first-order chi connectivity index (χ1) is 3.31. The van der Waals surface area contributed by atoms with Crippen LogP contribution in [0.5, 0.6) is 0 Å². The van der Waals surface area contributed by atoms with E-state index in [1.807, 2.05) is 6.92 Å². The Labute approximate surface area is 43.9 Å². The van der Waals surface area contributed by atoms with E-state index >= 15 is 0 Å². The number of allylic oxidation sites excluding steroid dienone is 1. The Kier molecular flexibility index (Phi) is 3.65. The molecule has 0 aromatic heterocycles. The Morgan fingerprint density at radius 1 is 1.71 bits per heavy atom. The molecule has 0 bridgehead atoms. The summed E-state index contributed by atoms with van der Waals surface area (Å²) in [5, 5.41) is 11.3. The molecule has 0 amide bonds. The predicted octanol–water partition coefficient (Wildman–Crippen LogP) is 0.100. The molecule has 0 rings (SSSR count). The van der Waals surface area contributed by atoms with Crippen molar-refractivity contribution in [1.82, 2.24) is 5.32 Å². The van der Waals surface area contributed by atoms with Crippen molar-refractivity contribution in [3.05, 3.63) is 12.2 Å². The summed E-state index contributed by atoms with van der Waals surface area (Å²) in [4.78, 5) is 0. The zero-order valence-corrected chi connectivity index (χ0v) is 4.68. The molecule has 0 spiro atoms. The van der Waals surface area contributed by atoms with Crippen LogP contribution in [0.2, 0.25) is 0 Å². The number of likely N-dealkylation sites (N-methyl/N-ethyl adjacent to an activating group) is 1. The summed E-state index contributed by atoms with van der Waals surface area (Å²) in [6, 6.07) is 0. The van der Waals surface area contributed by atoms with Gasteiger partial charge in [0.2, 0.25) is 0 Å². The fraction of sp³-hybridized carbons (Fsp3) is 0.600. The summed E-state index contributed by atoms with van der Waals surface area (Å²) in [6.07, 6.45) is 2.98. The number of hydrogen-bond acceptors (Lipinski definition) is 2. The summed E-state index contributed by atoms with van der Waals surface area (Å²) in [7, 11) is 1.70. The zero-order valence-electron chi connectivity index (χ0n) is 4.68. The van der Waals surface area contributed by atoms with Crippen LogP contribution < -0.4 is 5.32 Å². The van der Waals surface area contributed by atoms with Gasteiger partial charge in [-0.05, 0) is 20.0 Å². The van der Waals surface area contributed by atoms with Gasteiger partial charge >= 0.3 is 0 Å². The van der Waals surface area contributed by atoms with Crippen molar-refractivity contribution in [3.8, 4) is 0 Å². The van der Waals surface area contributed by atoms with E-state index in [0.717, 1.165) is 0 Å². The highest BCUT2D eigenvalue weighted by Crippen LogP contribution is 1.74. The van der Waals surface area contributed by atoms with Gasteiger partial charge in [-0.2, -0.15) is 0 Å². The molecule has 42 valence electrons. The van der Waals surface area contributed by atoms with Crippen LogP contribution in [0.3, 0.4) is 0 Å². The highest BCUT2D eigenvalue weighted by Gasteiger charge is 1.85. The van der Waals surface area contributed by atoms with Gasteiger partial charge in [0.1, 0.15) is 6.23 Å². The maximum absolute atomic E-state index is 8.66. The monoisotopic (exact) mass is 101 g/mol. The van der Waals surface area contributed by atoms with E-state index in [4.69, 9.17) is 5.11 Å². The molecule has 0 heterocycles. The quantitative estimate of drug-likeness (QED) is 0.382. The normalized spacial score (nSPS) is 15.3. The van der Waals surface area contributed by atoms with Gasteiger partial charge in [0.05, 0.1) is 0 Å². The minimum Gasteiger partial charge on any atom is -0.375 e. The van der Waals surface area contributed by atoms with Crippen LogP contribution >= 0.6 is 0 Å². The second-order valence-electron chi connectivity index (χ2n) is 1.26. The first kappa shape index (κ1) is 6.66. The van der Waals surface area contributed by atoms with Gasteiger partial charge in [-0.1, -0.05) is 6.08 Å². The molecule has 2 heteroatoms. The minimum absolute atomic E-state index is 0.481. The molecule has 0 aliphatic rings. The summed E-state index contributed by atoms with van der Waals surface area (Å²) >= 11 is 0. The maximum Gasteiger partial charge on any atom is 0.123 e. The third-order valence-electron chi connectivity index (χ3n) is 0.671. The Bertz CT molecular complexity index is 61.1. The lowest BCUT2D eigenvalue weighted by Gasteiger charge is -1.98. The molecule has 0 saturated carbocycles. The Balaban J connectivity index is 3.16. The zero-order chi connectivity index (χ0) is 5.70. The molecule has 1 unspecified atom stereocenters. The standard InChI is InChI=1S/C5H11NO/c1-3-4-5(7)6-2/h3-7H,1-2H3/b4-3+. The number of rotatable bonds is 2. The van der Waals surface area contributed by atoms with Gasteiger partial charge < -0.3 is 5.11 Å². The van der Waals surface area contributed by atoms with Crippen molar-refractivity contribution >= 4 is 0 Å². The second-order valence-corrected chi connectivity index (χ2v) is 1.26. The molecule has 0 aliphatic carbocycles. The summed E-state index contributed by atoms with van der Waals surface area (Å²) < 4.78 is 0. The van der Waals surface area contributed by atoms with E-state index < -0.39 is 6.23 Å². The van der Waals surface area contributed by atoms with Gasteiger partial charge in [0.15, 0.2) is 0 Å². The molecule has 2 N–H and O–H groups in total. The van der Waals surface area contributed by atoms with Crippen LogP contribution in [0.15, 0.2) is 12.2 Å². The first-order valence-corrected chi connectivity index (χ1v) is 2.29. The van der Waals surface area contributed by atoms with Gasteiger partial charge in [0, 0.05) is 0 Å². The van der Waals surface area contributed by atoms with Crippen LogP contribution in [0, 0.1) is 0 Å². The average molecular weight is 101 g/mol. The van der Waals surface area contributed by atoms with E-state index in [2.05, 4.69) is 5.32 Å². The molecule has 0 saturated heterocycles. The molecule has 1 atom stereocenters. The summed E-state index contributed by atoms with van der Waals surface area (Å²) in [5.74, 6) is 0. The molecule has 0 radical (unpaired) electrons. The molecule has 0 aliphatic heterocycles. The first-order valence-electron chi connectivity index (χ1n) is 2.29. The van der Waals surface area contributed by atoms with Crippen LogP contribution in [0.1, 0.15) is 6.92 Å². The van der Waals surface area contributed by atoms with Crippen molar-refractivity contribution < 1.29 is 5.11 Å². The van der Waals surface area contributed by atoms with E-state index in [-0.39, 0.29) is 0 Å². The Hall–Kier alpha value is -0.340. The third kappa shape index (κ3) is 3.49. The molecular formula is C5H11NO. The van der Waals surface area contributed by atoms with Crippen molar-refractivity contribution in [2.45, 2.75) is 13.2 Å². The van der Waals surface area contributed by atoms with Gasteiger partial charge in [-0.15, -0.1) is 0 Å². The van der Waals surface area contributed by atoms with E-state index in [1.54, 1.807) is 19.2 Å². The number of aliphatic hydroxyl groups is 1. The minimum atomic E-state index is -0.481. The third-order valence-corrected chi connectivity index (χ3v) is 0.671. The van der Waals surface area contributed by atoms with Gasteiger partial charge in [-0.3, -0.25) is 5.32 Å². The van der Waals surface area contributed by atoms with Crippen molar-refractivity contribution in [1.29, 1.82) is 0 Å². The van der Waals surface area contributed by atoms with E-state index in [9.17, 15) is 0 Å². The van der Waals surface area contributed by atoms with Crippen LogP contribution in [0.4, 0.5) is 0 Å². The van der Waals surface area contributed by atoms with Crippen LogP contribution in [-0.2, 0) is 0 Å².